The van der Waals surface area contributed by atoms with Crippen molar-refractivity contribution in [3.63, 3.8) is 0 Å². The molecule has 0 atom stereocenters. The summed E-state index contributed by atoms with van der Waals surface area (Å²) in [6.07, 6.45) is 4.59. The molecule has 1 aromatic carbocycles. The summed E-state index contributed by atoms with van der Waals surface area (Å²) in [6.45, 7) is 8.29. The van der Waals surface area contributed by atoms with Gasteiger partial charge in [0.05, 0.1) is 0 Å². The molecule has 0 bridgehead atoms. The highest BCUT2D eigenvalue weighted by atomic mass is 35.5. The fourth-order valence-corrected chi connectivity index (χ4v) is 2.41. The average molecular weight is 270 g/mol. The van der Waals surface area contributed by atoms with Gasteiger partial charge in [-0.05, 0) is 31.9 Å². The maximum absolute atomic E-state index is 6.18. The van der Waals surface area contributed by atoms with Crippen molar-refractivity contribution in [2.45, 2.75) is 44.4 Å². The van der Waals surface area contributed by atoms with Crippen molar-refractivity contribution >= 4 is 23.7 Å². The summed E-state index contributed by atoms with van der Waals surface area (Å²) in [6, 6.07) is 8.34. The van der Waals surface area contributed by atoms with Gasteiger partial charge < -0.3 is 0 Å². The summed E-state index contributed by atoms with van der Waals surface area (Å²) >= 11 is 7.70. The van der Waals surface area contributed by atoms with Crippen molar-refractivity contribution < 1.29 is 0 Å². The van der Waals surface area contributed by atoms with Gasteiger partial charge in [0.2, 0.25) is 0 Å². The van der Waals surface area contributed by atoms with Gasteiger partial charge in [0.15, 0.2) is 0 Å². The zero-order chi connectivity index (χ0) is 12.7. The van der Waals surface area contributed by atoms with Gasteiger partial charge >= 0.3 is 0 Å². The van der Waals surface area contributed by atoms with E-state index >= 15 is 0 Å². The number of aryl methyl sites for hydroxylation is 1. The molecule has 94 valence electrons. The molecule has 0 saturated carbocycles. The number of benzene rings is 1. The predicted molar refractivity (Wildman–Crippen MR) is 78.0 cm³/mol. The number of halogens is 1. The molecule has 0 radical (unpaired) electrons. The number of hydrogen-bond donors (Lipinski definition) is 0. The van der Waals surface area contributed by atoms with Crippen molar-refractivity contribution in [3.05, 3.63) is 42.1 Å². The standard InChI is InChI=1S/C14H20ClNS/c1-4-5-6-7-13(3)16(15)17-14-10-8-12(2)9-11-14/h8-11H,3-7H2,1-2H3. The molecule has 3 heteroatoms. The smallest absolute Gasteiger partial charge is 0.0357 e. The van der Waals surface area contributed by atoms with Crippen LogP contribution in [0.5, 0.6) is 0 Å². The van der Waals surface area contributed by atoms with Crippen molar-refractivity contribution in [2.24, 2.45) is 0 Å². The van der Waals surface area contributed by atoms with Crippen molar-refractivity contribution in [1.82, 2.24) is 3.82 Å². The lowest BCUT2D eigenvalue weighted by molar-refractivity contribution is 0.673. The second-order valence-corrected chi connectivity index (χ2v) is 5.73. The summed E-state index contributed by atoms with van der Waals surface area (Å²) in [4.78, 5) is 1.14. The molecule has 0 N–H and O–H groups in total. The van der Waals surface area contributed by atoms with Crippen molar-refractivity contribution in [2.75, 3.05) is 0 Å². The Balaban J connectivity index is 2.40. The van der Waals surface area contributed by atoms with Crippen molar-refractivity contribution in [3.8, 4) is 0 Å². The van der Waals surface area contributed by atoms with E-state index in [0.717, 1.165) is 23.4 Å². The monoisotopic (exact) mass is 269 g/mol. The second-order valence-electron chi connectivity index (χ2n) is 4.17. The number of nitrogens with zero attached hydrogens (tertiary/aromatic N) is 1. The van der Waals surface area contributed by atoms with Gasteiger partial charge in [-0.25, -0.2) is 3.82 Å². The van der Waals surface area contributed by atoms with Gasteiger partial charge in [-0.1, -0.05) is 44.0 Å². The van der Waals surface area contributed by atoms with E-state index in [1.807, 2.05) is 0 Å². The van der Waals surface area contributed by atoms with Crippen LogP contribution >= 0.6 is 23.7 Å². The van der Waals surface area contributed by atoms with Gasteiger partial charge in [-0.15, -0.1) is 0 Å². The first kappa shape index (κ1) is 14.5. The topological polar surface area (TPSA) is 3.24 Å². The molecule has 0 fully saturated rings. The molecule has 1 nitrogen and oxygen atoms in total. The zero-order valence-corrected chi connectivity index (χ0v) is 12.2. The Hall–Kier alpha value is -0.600. The van der Waals surface area contributed by atoms with E-state index in [1.165, 1.54) is 30.4 Å². The molecule has 0 aromatic heterocycles. The van der Waals surface area contributed by atoms with Crippen LogP contribution in [0.25, 0.3) is 0 Å². The fraction of sp³-hybridized carbons (Fsp3) is 0.429. The first-order chi connectivity index (χ1) is 8.13. The molecule has 0 aliphatic rings. The summed E-state index contributed by atoms with van der Waals surface area (Å²) < 4.78 is 1.65. The van der Waals surface area contributed by atoms with E-state index in [1.54, 1.807) is 3.82 Å². The molecular weight excluding hydrogens is 250 g/mol. The van der Waals surface area contributed by atoms with Crippen molar-refractivity contribution in [1.29, 1.82) is 0 Å². The van der Waals surface area contributed by atoms with Gasteiger partial charge in [-0.2, -0.15) is 0 Å². The van der Waals surface area contributed by atoms with Crippen LogP contribution in [0.2, 0.25) is 0 Å². The van der Waals surface area contributed by atoms with Gasteiger partial charge in [0.1, 0.15) is 0 Å². The lowest BCUT2D eigenvalue weighted by Crippen LogP contribution is -2.00. The Labute approximate surface area is 114 Å². The van der Waals surface area contributed by atoms with Crippen LogP contribution in [0.3, 0.4) is 0 Å². The Morgan fingerprint density at radius 1 is 1.29 bits per heavy atom. The van der Waals surface area contributed by atoms with Crippen LogP contribution in [-0.4, -0.2) is 3.82 Å². The Morgan fingerprint density at radius 2 is 1.94 bits per heavy atom. The molecule has 0 heterocycles. The van der Waals surface area contributed by atoms with Crippen LogP contribution in [-0.2, 0) is 0 Å². The Morgan fingerprint density at radius 3 is 2.53 bits per heavy atom. The lowest BCUT2D eigenvalue weighted by atomic mass is 10.2. The maximum atomic E-state index is 6.18. The maximum Gasteiger partial charge on any atom is 0.0357 e. The highest BCUT2D eigenvalue weighted by Crippen LogP contribution is 2.30. The molecule has 0 aliphatic carbocycles. The van der Waals surface area contributed by atoms with Gasteiger partial charge in [-0.3, -0.25) is 0 Å². The van der Waals surface area contributed by atoms with E-state index in [2.05, 4.69) is 44.7 Å². The first-order valence-electron chi connectivity index (χ1n) is 6.01. The van der Waals surface area contributed by atoms with Gasteiger partial charge in [0.25, 0.3) is 0 Å². The number of rotatable bonds is 7. The van der Waals surface area contributed by atoms with Crippen LogP contribution in [0, 0.1) is 6.92 Å². The fourth-order valence-electron chi connectivity index (χ4n) is 1.42. The highest BCUT2D eigenvalue weighted by Gasteiger charge is 2.06. The largest absolute Gasteiger partial charge is 0.227 e. The van der Waals surface area contributed by atoms with Crippen LogP contribution in [0.1, 0.15) is 38.2 Å². The summed E-state index contributed by atoms with van der Waals surface area (Å²) in [5.74, 6) is 0. The SMILES string of the molecule is C=C(CCCCC)N(Cl)Sc1ccc(C)cc1. The third-order valence-electron chi connectivity index (χ3n) is 2.52. The first-order valence-corrected chi connectivity index (χ1v) is 7.13. The quantitative estimate of drug-likeness (QED) is 0.363. The molecular formula is C14H20ClNS. The number of unbranched alkanes of at least 4 members (excludes halogenated alkanes) is 2. The molecule has 0 aliphatic heterocycles. The summed E-state index contributed by atoms with van der Waals surface area (Å²) in [7, 11) is 0. The molecule has 0 saturated heterocycles. The normalized spacial score (nSPS) is 10.3. The van der Waals surface area contributed by atoms with Crippen LogP contribution < -0.4 is 0 Å². The lowest BCUT2D eigenvalue weighted by Gasteiger charge is -2.16. The minimum absolute atomic E-state index is 0.968. The Kier molecular flexibility index (Phi) is 6.53. The second kappa shape index (κ2) is 7.67. The highest BCUT2D eigenvalue weighted by molar-refractivity contribution is 7.98. The summed E-state index contributed by atoms with van der Waals surface area (Å²) in [5, 5.41) is 0. The number of hydrogen-bond acceptors (Lipinski definition) is 2. The van der Waals surface area contributed by atoms with E-state index in [4.69, 9.17) is 11.8 Å². The van der Waals surface area contributed by atoms with E-state index in [-0.39, 0.29) is 0 Å². The molecule has 0 unspecified atom stereocenters. The molecule has 0 amide bonds. The predicted octanol–water partition coefficient (Wildman–Crippen LogP) is 5.55. The Bertz CT molecular complexity index is 348. The van der Waals surface area contributed by atoms with E-state index in [9.17, 15) is 0 Å². The minimum atomic E-state index is 0.968. The van der Waals surface area contributed by atoms with E-state index in [0.29, 0.717) is 0 Å². The average Bonchev–Trinajstić information content (AvgIpc) is 2.32. The molecule has 1 rings (SSSR count). The van der Waals surface area contributed by atoms with E-state index < -0.39 is 0 Å². The minimum Gasteiger partial charge on any atom is -0.227 e. The molecule has 17 heavy (non-hydrogen) atoms. The third-order valence-corrected chi connectivity index (χ3v) is 3.87. The number of allylic oxidation sites excluding steroid dienone is 1. The zero-order valence-electron chi connectivity index (χ0n) is 10.6. The third kappa shape index (κ3) is 5.51. The van der Waals surface area contributed by atoms with Crippen LogP contribution in [0.4, 0.5) is 0 Å². The van der Waals surface area contributed by atoms with Crippen LogP contribution in [0.15, 0.2) is 41.4 Å². The molecule has 0 spiro atoms. The van der Waals surface area contributed by atoms with Gasteiger partial charge in [0, 0.05) is 34.3 Å². The summed E-state index contributed by atoms with van der Waals surface area (Å²) in [5.41, 5.74) is 2.24. The molecule has 1 aromatic rings.